The Morgan fingerprint density at radius 1 is 1.16 bits per heavy atom. The van der Waals surface area contributed by atoms with Gasteiger partial charge in [-0.3, -0.25) is 9.98 Å². The summed E-state index contributed by atoms with van der Waals surface area (Å²) >= 11 is 1.91. The molecule has 0 atom stereocenters. The zero-order chi connectivity index (χ0) is 13.0. The van der Waals surface area contributed by atoms with Crippen molar-refractivity contribution in [1.29, 1.82) is 0 Å². The molecule has 0 bridgehead atoms. The van der Waals surface area contributed by atoms with Crippen LogP contribution in [0.1, 0.15) is 37.7 Å². The topological polar surface area (TPSA) is 37.3 Å². The van der Waals surface area contributed by atoms with Crippen LogP contribution in [0.3, 0.4) is 0 Å². The second kappa shape index (κ2) is 5.95. The summed E-state index contributed by atoms with van der Waals surface area (Å²) in [4.78, 5) is 8.81. The van der Waals surface area contributed by atoms with Crippen molar-refractivity contribution in [3.63, 3.8) is 0 Å². The number of hydrogen-bond donors (Lipinski definition) is 1. The zero-order valence-electron chi connectivity index (χ0n) is 11.3. The SMILES string of the molecule is c1cc(CNC2=NCC3(CCCCC3)CS2)ccn1. The Morgan fingerprint density at radius 2 is 1.95 bits per heavy atom. The molecular formula is C15H21N3S. The predicted molar refractivity (Wildman–Crippen MR) is 81.4 cm³/mol. The van der Waals surface area contributed by atoms with Gasteiger partial charge in [0.05, 0.1) is 0 Å². The van der Waals surface area contributed by atoms with E-state index in [-0.39, 0.29) is 0 Å². The second-order valence-electron chi connectivity index (χ2n) is 5.68. The number of nitrogens with zero attached hydrogens (tertiary/aromatic N) is 2. The van der Waals surface area contributed by atoms with Crippen LogP contribution in [0.4, 0.5) is 0 Å². The molecule has 0 saturated heterocycles. The number of hydrogen-bond acceptors (Lipinski definition) is 4. The normalized spacial score (nSPS) is 22.0. The highest BCUT2D eigenvalue weighted by Crippen LogP contribution is 2.41. The summed E-state index contributed by atoms with van der Waals surface area (Å²) < 4.78 is 0. The predicted octanol–water partition coefficient (Wildman–Crippen LogP) is 3.22. The Morgan fingerprint density at radius 3 is 2.63 bits per heavy atom. The summed E-state index contributed by atoms with van der Waals surface area (Å²) in [7, 11) is 0. The Labute approximate surface area is 119 Å². The monoisotopic (exact) mass is 275 g/mol. The van der Waals surface area contributed by atoms with Gasteiger partial charge in [0.25, 0.3) is 0 Å². The fourth-order valence-corrected chi connectivity index (χ4v) is 4.09. The fraction of sp³-hybridized carbons (Fsp3) is 0.600. The third-order valence-corrected chi connectivity index (χ3v) is 5.48. The van der Waals surface area contributed by atoms with Gasteiger partial charge in [-0.15, -0.1) is 0 Å². The van der Waals surface area contributed by atoms with Crippen LogP contribution < -0.4 is 5.32 Å². The molecule has 1 aliphatic carbocycles. The van der Waals surface area contributed by atoms with Gasteiger partial charge in [0.15, 0.2) is 5.17 Å². The van der Waals surface area contributed by atoms with E-state index in [0.29, 0.717) is 5.41 Å². The zero-order valence-corrected chi connectivity index (χ0v) is 12.1. The van der Waals surface area contributed by atoms with E-state index >= 15 is 0 Å². The third kappa shape index (κ3) is 3.30. The van der Waals surface area contributed by atoms with Gasteiger partial charge in [-0.05, 0) is 36.0 Å². The maximum Gasteiger partial charge on any atom is 0.156 e. The van der Waals surface area contributed by atoms with Crippen molar-refractivity contribution in [1.82, 2.24) is 10.3 Å². The average molecular weight is 275 g/mol. The van der Waals surface area contributed by atoms with E-state index in [0.717, 1.165) is 18.3 Å². The summed E-state index contributed by atoms with van der Waals surface area (Å²) in [5, 5.41) is 4.56. The number of rotatable bonds is 2. The molecular weight excluding hydrogens is 254 g/mol. The summed E-state index contributed by atoms with van der Waals surface area (Å²) in [5.74, 6) is 1.25. The van der Waals surface area contributed by atoms with Crippen LogP contribution in [0.15, 0.2) is 29.5 Å². The molecule has 1 aromatic heterocycles. The fourth-order valence-electron chi connectivity index (χ4n) is 2.94. The lowest BCUT2D eigenvalue weighted by molar-refractivity contribution is 0.232. The molecule has 102 valence electrons. The second-order valence-corrected chi connectivity index (χ2v) is 6.64. The van der Waals surface area contributed by atoms with Crippen molar-refractivity contribution < 1.29 is 0 Å². The molecule has 3 rings (SSSR count). The van der Waals surface area contributed by atoms with Crippen molar-refractivity contribution in [2.75, 3.05) is 12.3 Å². The largest absolute Gasteiger partial charge is 0.361 e. The van der Waals surface area contributed by atoms with Crippen LogP contribution in [0.5, 0.6) is 0 Å². The van der Waals surface area contributed by atoms with Crippen LogP contribution in [0.25, 0.3) is 0 Å². The smallest absolute Gasteiger partial charge is 0.156 e. The van der Waals surface area contributed by atoms with Crippen molar-refractivity contribution >= 4 is 16.9 Å². The minimum atomic E-state index is 0.519. The van der Waals surface area contributed by atoms with E-state index < -0.39 is 0 Å². The summed E-state index contributed by atoms with van der Waals surface area (Å²) in [6.45, 7) is 1.88. The van der Waals surface area contributed by atoms with Gasteiger partial charge in [-0.25, -0.2) is 0 Å². The van der Waals surface area contributed by atoms with Crippen molar-refractivity contribution in [2.24, 2.45) is 10.4 Å². The highest BCUT2D eigenvalue weighted by Gasteiger charge is 2.34. The molecule has 1 N–H and O–H groups in total. The maximum absolute atomic E-state index is 4.77. The lowest BCUT2D eigenvalue weighted by Gasteiger charge is -2.38. The van der Waals surface area contributed by atoms with Crippen LogP contribution >= 0.6 is 11.8 Å². The van der Waals surface area contributed by atoms with Crippen LogP contribution in [-0.2, 0) is 6.54 Å². The van der Waals surface area contributed by atoms with Gasteiger partial charge in [0.2, 0.25) is 0 Å². The molecule has 1 fully saturated rings. The van der Waals surface area contributed by atoms with Gasteiger partial charge in [0, 0.05) is 31.2 Å². The minimum absolute atomic E-state index is 0.519. The molecule has 0 unspecified atom stereocenters. The van der Waals surface area contributed by atoms with E-state index in [1.54, 1.807) is 0 Å². The van der Waals surface area contributed by atoms with E-state index in [4.69, 9.17) is 4.99 Å². The first-order chi connectivity index (χ1) is 9.36. The first-order valence-electron chi connectivity index (χ1n) is 7.16. The molecule has 0 aromatic carbocycles. The number of thioether (sulfide) groups is 1. The highest BCUT2D eigenvalue weighted by atomic mass is 32.2. The molecule has 2 heterocycles. The molecule has 3 nitrogen and oxygen atoms in total. The molecule has 19 heavy (non-hydrogen) atoms. The highest BCUT2D eigenvalue weighted by molar-refractivity contribution is 8.13. The summed E-state index contributed by atoms with van der Waals surface area (Å²) in [6.07, 6.45) is 10.6. The average Bonchev–Trinajstić information content (AvgIpc) is 2.49. The van der Waals surface area contributed by atoms with Gasteiger partial charge < -0.3 is 5.32 Å². The quantitative estimate of drug-likeness (QED) is 0.900. The molecule has 0 amide bonds. The van der Waals surface area contributed by atoms with Crippen molar-refractivity contribution in [3.8, 4) is 0 Å². The molecule has 2 aliphatic rings. The van der Waals surface area contributed by atoms with Gasteiger partial charge >= 0.3 is 0 Å². The van der Waals surface area contributed by atoms with E-state index in [1.165, 1.54) is 43.4 Å². The van der Waals surface area contributed by atoms with Crippen LogP contribution in [-0.4, -0.2) is 22.4 Å². The van der Waals surface area contributed by atoms with E-state index in [9.17, 15) is 0 Å². The summed E-state index contributed by atoms with van der Waals surface area (Å²) in [6, 6.07) is 4.09. The van der Waals surface area contributed by atoms with Gasteiger partial charge in [0.1, 0.15) is 0 Å². The van der Waals surface area contributed by atoms with Crippen LogP contribution in [0.2, 0.25) is 0 Å². The Kier molecular flexibility index (Phi) is 4.06. The van der Waals surface area contributed by atoms with E-state index in [1.807, 2.05) is 36.3 Å². The number of aromatic nitrogens is 1. The first kappa shape index (κ1) is 13.0. The van der Waals surface area contributed by atoms with Crippen LogP contribution in [0, 0.1) is 5.41 Å². The minimum Gasteiger partial charge on any atom is -0.361 e. The Balaban J connectivity index is 1.53. The standard InChI is InChI=1S/C15H21N3S/c1-2-6-15(7-3-1)11-18-14(19-12-15)17-10-13-4-8-16-9-5-13/h4-5,8-9H,1-3,6-7,10-12H2,(H,17,18). The Bertz CT molecular complexity index is 438. The summed E-state index contributed by atoms with van der Waals surface area (Å²) in [5.41, 5.74) is 1.78. The number of aliphatic imine (C=N–C) groups is 1. The number of amidine groups is 1. The van der Waals surface area contributed by atoms with E-state index in [2.05, 4.69) is 10.3 Å². The molecule has 4 heteroatoms. The molecule has 1 aromatic rings. The number of pyridine rings is 1. The van der Waals surface area contributed by atoms with Crippen molar-refractivity contribution in [2.45, 2.75) is 38.6 Å². The lowest BCUT2D eigenvalue weighted by Crippen LogP contribution is -2.36. The molecule has 1 saturated carbocycles. The maximum atomic E-state index is 4.77. The molecule has 1 aliphatic heterocycles. The lowest BCUT2D eigenvalue weighted by atomic mass is 9.75. The third-order valence-electron chi connectivity index (χ3n) is 4.18. The molecule has 1 spiro atoms. The molecule has 0 radical (unpaired) electrons. The Hall–Kier alpha value is -1.03. The van der Waals surface area contributed by atoms with Gasteiger partial charge in [-0.1, -0.05) is 31.0 Å². The van der Waals surface area contributed by atoms with Crippen molar-refractivity contribution in [3.05, 3.63) is 30.1 Å². The number of nitrogens with one attached hydrogen (secondary N) is 1. The van der Waals surface area contributed by atoms with Gasteiger partial charge in [-0.2, -0.15) is 0 Å². The first-order valence-corrected chi connectivity index (χ1v) is 8.15.